The summed E-state index contributed by atoms with van der Waals surface area (Å²) in [7, 11) is 1.65. The number of H-pyrrole nitrogens is 1. The van der Waals surface area contributed by atoms with Crippen LogP contribution < -0.4 is 10.1 Å². The lowest BCUT2D eigenvalue weighted by atomic mass is 9.81. The molecule has 2 N–H and O–H groups in total. The van der Waals surface area contributed by atoms with Gasteiger partial charge in [0.1, 0.15) is 11.6 Å². The summed E-state index contributed by atoms with van der Waals surface area (Å²) in [6.45, 7) is 4.14. The second-order valence-corrected chi connectivity index (χ2v) is 5.59. The molecule has 0 saturated heterocycles. The Labute approximate surface area is 129 Å². The Hall–Kier alpha value is -2.74. The van der Waals surface area contributed by atoms with E-state index in [9.17, 15) is 5.26 Å². The van der Waals surface area contributed by atoms with E-state index in [1.54, 1.807) is 13.3 Å². The zero-order valence-electron chi connectivity index (χ0n) is 12.8. The number of ether oxygens (including phenoxy) is 1. The Morgan fingerprint density at radius 2 is 2.05 bits per heavy atom. The standard InChI is InChI=1S/C17H18N4O/c1-10(2)16-12(8-18)15(13-9-19-21-17(13)20-16)11-6-4-5-7-14(11)22-3/h4-7,9-10,15H,1-3H3,(H2,19,20,21). The average molecular weight is 294 g/mol. The van der Waals surface area contributed by atoms with Gasteiger partial charge in [-0.2, -0.15) is 10.4 Å². The molecule has 0 amide bonds. The van der Waals surface area contributed by atoms with E-state index in [1.807, 2.05) is 24.3 Å². The molecule has 2 aromatic rings. The van der Waals surface area contributed by atoms with Gasteiger partial charge in [-0.25, -0.2) is 0 Å². The number of rotatable bonds is 3. The molecular weight excluding hydrogens is 276 g/mol. The number of hydrogen-bond acceptors (Lipinski definition) is 4. The molecule has 1 atom stereocenters. The third-order valence-electron chi connectivity index (χ3n) is 3.97. The van der Waals surface area contributed by atoms with Crippen LogP contribution >= 0.6 is 0 Å². The molecule has 0 spiro atoms. The van der Waals surface area contributed by atoms with Crippen molar-refractivity contribution in [2.45, 2.75) is 19.8 Å². The highest BCUT2D eigenvalue weighted by molar-refractivity contribution is 5.66. The number of hydrogen-bond donors (Lipinski definition) is 2. The molecule has 5 heteroatoms. The number of nitrogens with one attached hydrogen (secondary N) is 2. The lowest BCUT2D eigenvalue weighted by molar-refractivity contribution is 0.409. The average Bonchev–Trinajstić information content (AvgIpc) is 3.00. The first-order valence-electron chi connectivity index (χ1n) is 7.24. The Morgan fingerprint density at radius 3 is 2.73 bits per heavy atom. The number of para-hydroxylation sites is 1. The van der Waals surface area contributed by atoms with Crippen LogP contribution in [0.15, 0.2) is 41.7 Å². The van der Waals surface area contributed by atoms with E-state index in [-0.39, 0.29) is 11.8 Å². The summed E-state index contributed by atoms with van der Waals surface area (Å²) in [5.74, 6) is 1.66. The molecular formula is C17H18N4O. The minimum atomic E-state index is -0.173. The number of aromatic amines is 1. The molecule has 22 heavy (non-hydrogen) atoms. The van der Waals surface area contributed by atoms with Gasteiger partial charge >= 0.3 is 0 Å². The highest BCUT2D eigenvalue weighted by atomic mass is 16.5. The summed E-state index contributed by atoms with van der Waals surface area (Å²) in [6.07, 6.45) is 1.77. The van der Waals surface area contributed by atoms with Gasteiger partial charge in [0.15, 0.2) is 0 Å². The fraction of sp³-hybridized carbons (Fsp3) is 0.294. The smallest absolute Gasteiger partial charge is 0.129 e. The highest BCUT2D eigenvalue weighted by Crippen LogP contribution is 2.44. The second-order valence-electron chi connectivity index (χ2n) is 5.59. The molecule has 112 valence electrons. The lowest BCUT2D eigenvalue weighted by Gasteiger charge is -2.28. The largest absolute Gasteiger partial charge is 0.496 e. The Morgan fingerprint density at radius 1 is 1.27 bits per heavy atom. The van der Waals surface area contributed by atoms with Gasteiger partial charge in [0.05, 0.1) is 30.9 Å². The van der Waals surface area contributed by atoms with E-state index in [2.05, 4.69) is 35.4 Å². The van der Waals surface area contributed by atoms with Crippen LogP contribution in [0.5, 0.6) is 5.75 Å². The topological polar surface area (TPSA) is 73.7 Å². The van der Waals surface area contributed by atoms with Gasteiger partial charge in [-0.05, 0) is 12.0 Å². The van der Waals surface area contributed by atoms with Crippen molar-refractivity contribution in [3.63, 3.8) is 0 Å². The molecule has 1 unspecified atom stereocenters. The molecule has 1 aliphatic heterocycles. The van der Waals surface area contributed by atoms with Crippen molar-refractivity contribution in [2.24, 2.45) is 5.92 Å². The number of benzene rings is 1. The van der Waals surface area contributed by atoms with Gasteiger partial charge in [-0.15, -0.1) is 0 Å². The van der Waals surface area contributed by atoms with Crippen molar-refractivity contribution in [3.8, 4) is 11.8 Å². The van der Waals surface area contributed by atoms with E-state index >= 15 is 0 Å². The minimum absolute atomic E-state index is 0.173. The summed E-state index contributed by atoms with van der Waals surface area (Å²) in [5.41, 5.74) is 3.58. The van der Waals surface area contributed by atoms with E-state index in [4.69, 9.17) is 4.74 Å². The van der Waals surface area contributed by atoms with Gasteiger partial charge in [-0.1, -0.05) is 32.0 Å². The molecule has 0 aliphatic carbocycles. The number of nitriles is 1. The van der Waals surface area contributed by atoms with Crippen LogP contribution in [0.1, 0.15) is 30.9 Å². The molecule has 0 bridgehead atoms. The van der Waals surface area contributed by atoms with E-state index in [1.165, 1.54) is 0 Å². The van der Waals surface area contributed by atoms with Crippen LogP contribution in [0.2, 0.25) is 0 Å². The van der Waals surface area contributed by atoms with Crippen molar-refractivity contribution >= 4 is 5.82 Å². The quantitative estimate of drug-likeness (QED) is 0.909. The molecule has 1 aromatic heterocycles. The normalized spacial score (nSPS) is 17.0. The van der Waals surface area contributed by atoms with Crippen LogP contribution in [0.3, 0.4) is 0 Å². The first kappa shape index (κ1) is 14.2. The van der Waals surface area contributed by atoms with E-state index in [0.717, 1.165) is 28.4 Å². The monoisotopic (exact) mass is 294 g/mol. The van der Waals surface area contributed by atoms with Crippen molar-refractivity contribution in [1.82, 2.24) is 10.2 Å². The number of allylic oxidation sites excluding steroid dienone is 2. The Bertz CT molecular complexity index is 767. The molecule has 1 aliphatic rings. The van der Waals surface area contributed by atoms with Gasteiger partial charge < -0.3 is 10.1 Å². The van der Waals surface area contributed by atoms with Crippen molar-refractivity contribution in [1.29, 1.82) is 5.26 Å². The predicted octanol–water partition coefficient (Wildman–Crippen LogP) is 3.41. The number of methoxy groups -OCH3 is 1. The maximum atomic E-state index is 9.75. The lowest BCUT2D eigenvalue weighted by Crippen LogP contribution is -2.21. The second kappa shape index (κ2) is 5.57. The van der Waals surface area contributed by atoms with Gasteiger partial charge in [0.25, 0.3) is 0 Å². The fourth-order valence-electron chi connectivity index (χ4n) is 2.94. The van der Waals surface area contributed by atoms with Crippen LogP contribution in [0.25, 0.3) is 0 Å². The number of aromatic nitrogens is 2. The summed E-state index contributed by atoms with van der Waals surface area (Å²) in [6, 6.07) is 10.2. The van der Waals surface area contributed by atoms with Crippen LogP contribution in [0.4, 0.5) is 5.82 Å². The van der Waals surface area contributed by atoms with Crippen LogP contribution in [-0.4, -0.2) is 17.3 Å². The summed E-state index contributed by atoms with van der Waals surface area (Å²) >= 11 is 0. The predicted molar refractivity (Wildman–Crippen MR) is 84.5 cm³/mol. The molecule has 2 heterocycles. The van der Waals surface area contributed by atoms with E-state index in [0.29, 0.717) is 5.57 Å². The molecule has 1 aromatic carbocycles. The zero-order valence-corrected chi connectivity index (χ0v) is 12.8. The minimum Gasteiger partial charge on any atom is -0.496 e. The summed E-state index contributed by atoms with van der Waals surface area (Å²) in [4.78, 5) is 0. The molecule has 0 radical (unpaired) electrons. The van der Waals surface area contributed by atoms with Crippen LogP contribution in [-0.2, 0) is 0 Å². The molecule has 0 saturated carbocycles. The number of anilines is 1. The first-order chi connectivity index (χ1) is 10.7. The van der Waals surface area contributed by atoms with Gasteiger partial charge in [0, 0.05) is 16.8 Å². The number of nitrogens with zero attached hydrogens (tertiary/aromatic N) is 2. The highest BCUT2D eigenvalue weighted by Gasteiger charge is 2.33. The Balaban J connectivity index is 2.25. The summed E-state index contributed by atoms with van der Waals surface area (Å²) in [5, 5.41) is 20.2. The molecule has 5 nitrogen and oxygen atoms in total. The maximum Gasteiger partial charge on any atom is 0.129 e. The first-order valence-corrected chi connectivity index (χ1v) is 7.24. The Kier molecular flexibility index (Phi) is 3.60. The maximum absolute atomic E-state index is 9.75. The van der Waals surface area contributed by atoms with Crippen molar-refractivity contribution in [2.75, 3.05) is 12.4 Å². The van der Waals surface area contributed by atoms with E-state index < -0.39 is 0 Å². The summed E-state index contributed by atoms with van der Waals surface area (Å²) < 4.78 is 5.50. The fourth-order valence-corrected chi connectivity index (χ4v) is 2.94. The van der Waals surface area contributed by atoms with Gasteiger partial charge in [-0.3, -0.25) is 5.10 Å². The van der Waals surface area contributed by atoms with Gasteiger partial charge in [0.2, 0.25) is 0 Å². The third-order valence-corrected chi connectivity index (χ3v) is 3.97. The van der Waals surface area contributed by atoms with Crippen molar-refractivity contribution < 1.29 is 4.74 Å². The molecule has 3 rings (SSSR count). The molecule has 0 fully saturated rings. The van der Waals surface area contributed by atoms with Crippen LogP contribution in [0, 0.1) is 17.2 Å². The third kappa shape index (κ3) is 2.13. The number of fused-ring (bicyclic) bond motifs is 1. The SMILES string of the molecule is COc1ccccc1C1C(C#N)=C(C(C)C)Nc2[nH]ncc21. The van der Waals surface area contributed by atoms with Crippen molar-refractivity contribution in [3.05, 3.63) is 52.9 Å². The zero-order chi connectivity index (χ0) is 15.7.